The van der Waals surface area contributed by atoms with Crippen molar-refractivity contribution in [3.05, 3.63) is 30.7 Å². The molecule has 0 aliphatic heterocycles. The number of unbranched alkanes of at least 4 members (excludes halogenated alkanes) is 2. The number of hydrogen-bond acceptors (Lipinski definition) is 4. The Labute approximate surface area is 130 Å². The summed E-state index contributed by atoms with van der Waals surface area (Å²) in [5, 5.41) is 13.3. The van der Waals surface area contributed by atoms with Crippen LogP contribution in [0.25, 0.3) is 11.5 Å². The van der Waals surface area contributed by atoms with E-state index in [0.717, 1.165) is 18.4 Å². The summed E-state index contributed by atoms with van der Waals surface area (Å²) in [5.41, 5.74) is 1.46. The second-order valence-electron chi connectivity index (χ2n) is 5.32. The van der Waals surface area contributed by atoms with Crippen LogP contribution >= 0.6 is 0 Å². The van der Waals surface area contributed by atoms with E-state index in [1.165, 1.54) is 19.2 Å². The van der Waals surface area contributed by atoms with Gasteiger partial charge in [0.2, 0.25) is 12.3 Å². The van der Waals surface area contributed by atoms with Gasteiger partial charge in [0.15, 0.2) is 0 Å². The number of amides is 2. The summed E-state index contributed by atoms with van der Waals surface area (Å²) in [6, 6.07) is 7.26. The molecule has 0 fully saturated rings. The van der Waals surface area contributed by atoms with Crippen molar-refractivity contribution in [2.45, 2.75) is 45.6 Å². The quantitative estimate of drug-likeness (QED) is 0.762. The van der Waals surface area contributed by atoms with Crippen LogP contribution in [-0.4, -0.2) is 22.3 Å². The largest absolute Gasteiger partial charge is 0.423 e. The molecule has 0 saturated carbocycles. The first-order chi connectivity index (χ1) is 10.7. The van der Waals surface area contributed by atoms with Gasteiger partial charge >= 0.3 is 6.03 Å². The fourth-order valence-corrected chi connectivity index (χ4v) is 2.19. The minimum absolute atomic E-state index is 0.158. The molecule has 2 aromatic rings. The summed E-state index contributed by atoms with van der Waals surface area (Å²) >= 11 is 0. The first kappa shape index (κ1) is 16.0. The monoisotopic (exact) mass is 302 g/mol. The standard InChI is InChI=1S/C16H22N4O2/c1-3-4-5-7-12(2)18-16(21)19-14-9-6-8-13(10-14)15-20-17-11-22-15/h6,8-12H,3-5,7H2,1-2H3,(H2,18,19,21). The van der Waals surface area contributed by atoms with Crippen molar-refractivity contribution in [3.8, 4) is 11.5 Å². The molecule has 0 bridgehead atoms. The van der Waals surface area contributed by atoms with E-state index in [0.29, 0.717) is 11.6 Å². The zero-order chi connectivity index (χ0) is 15.8. The number of nitrogens with one attached hydrogen (secondary N) is 2. The van der Waals surface area contributed by atoms with Gasteiger partial charge in [0.1, 0.15) is 0 Å². The van der Waals surface area contributed by atoms with Crippen molar-refractivity contribution >= 4 is 11.7 Å². The molecule has 1 unspecified atom stereocenters. The second kappa shape index (κ2) is 8.17. The van der Waals surface area contributed by atoms with Crippen molar-refractivity contribution in [3.63, 3.8) is 0 Å². The molecule has 22 heavy (non-hydrogen) atoms. The van der Waals surface area contributed by atoms with Gasteiger partial charge in [0, 0.05) is 17.3 Å². The van der Waals surface area contributed by atoms with Crippen LogP contribution in [0.15, 0.2) is 35.1 Å². The SMILES string of the molecule is CCCCCC(C)NC(=O)Nc1cccc(-c2nnco2)c1. The summed E-state index contributed by atoms with van der Waals surface area (Å²) in [6.45, 7) is 4.19. The summed E-state index contributed by atoms with van der Waals surface area (Å²) in [6.07, 6.45) is 5.77. The second-order valence-corrected chi connectivity index (χ2v) is 5.32. The normalized spacial score (nSPS) is 11.9. The zero-order valence-corrected chi connectivity index (χ0v) is 13.0. The highest BCUT2D eigenvalue weighted by Crippen LogP contribution is 2.20. The van der Waals surface area contributed by atoms with Crippen LogP contribution in [0.4, 0.5) is 10.5 Å². The van der Waals surface area contributed by atoms with Crippen LogP contribution in [0, 0.1) is 0 Å². The van der Waals surface area contributed by atoms with Gasteiger partial charge in [-0.15, -0.1) is 10.2 Å². The molecule has 118 valence electrons. The van der Waals surface area contributed by atoms with Crippen LogP contribution in [-0.2, 0) is 0 Å². The summed E-state index contributed by atoms with van der Waals surface area (Å²) < 4.78 is 5.15. The molecule has 2 N–H and O–H groups in total. The van der Waals surface area contributed by atoms with Gasteiger partial charge in [-0.2, -0.15) is 0 Å². The summed E-state index contributed by atoms with van der Waals surface area (Å²) in [7, 11) is 0. The molecule has 0 aliphatic carbocycles. The first-order valence-corrected chi connectivity index (χ1v) is 7.63. The van der Waals surface area contributed by atoms with Crippen LogP contribution in [0.1, 0.15) is 39.5 Å². The van der Waals surface area contributed by atoms with Gasteiger partial charge < -0.3 is 15.1 Å². The maximum Gasteiger partial charge on any atom is 0.319 e. The van der Waals surface area contributed by atoms with E-state index in [9.17, 15) is 4.79 Å². The first-order valence-electron chi connectivity index (χ1n) is 7.63. The number of aromatic nitrogens is 2. The van der Waals surface area contributed by atoms with Crippen molar-refractivity contribution in [1.29, 1.82) is 0 Å². The highest BCUT2D eigenvalue weighted by Gasteiger charge is 2.09. The van der Waals surface area contributed by atoms with Crippen molar-refractivity contribution in [1.82, 2.24) is 15.5 Å². The Morgan fingerprint density at radius 2 is 2.23 bits per heavy atom. The maximum atomic E-state index is 12.0. The third kappa shape index (κ3) is 4.87. The van der Waals surface area contributed by atoms with E-state index >= 15 is 0 Å². The molecule has 0 aliphatic rings. The number of anilines is 1. The molecule has 0 spiro atoms. The van der Waals surface area contributed by atoms with Gasteiger partial charge in [-0.1, -0.05) is 32.3 Å². The Balaban J connectivity index is 1.88. The zero-order valence-electron chi connectivity index (χ0n) is 13.0. The molecule has 1 aromatic carbocycles. The molecule has 2 amide bonds. The van der Waals surface area contributed by atoms with Crippen molar-refractivity contribution in [2.24, 2.45) is 0 Å². The lowest BCUT2D eigenvalue weighted by molar-refractivity contribution is 0.248. The number of nitrogens with zero attached hydrogens (tertiary/aromatic N) is 2. The highest BCUT2D eigenvalue weighted by molar-refractivity contribution is 5.90. The maximum absolute atomic E-state index is 12.0. The minimum Gasteiger partial charge on any atom is -0.423 e. The van der Waals surface area contributed by atoms with Gasteiger partial charge in [0.25, 0.3) is 0 Å². The third-order valence-corrected chi connectivity index (χ3v) is 3.35. The molecule has 6 heteroatoms. The molecule has 2 rings (SSSR count). The van der Waals surface area contributed by atoms with Crippen LogP contribution in [0.5, 0.6) is 0 Å². The highest BCUT2D eigenvalue weighted by atomic mass is 16.4. The molecule has 1 heterocycles. The number of carbonyl (C=O) groups is 1. The molecule has 0 radical (unpaired) electrons. The number of urea groups is 1. The van der Waals surface area contributed by atoms with Crippen LogP contribution in [0.2, 0.25) is 0 Å². The lowest BCUT2D eigenvalue weighted by Crippen LogP contribution is -2.36. The summed E-state index contributed by atoms with van der Waals surface area (Å²) in [5.74, 6) is 0.428. The number of benzene rings is 1. The predicted molar refractivity (Wildman–Crippen MR) is 85.5 cm³/mol. The topological polar surface area (TPSA) is 80.0 Å². The lowest BCUT2D eigenvalue weighted by Gasteiger charge is -2.14. The van der Waals surface area contributed by atoms with Crippen molar-refractivity contribution in [2.75, 3.05) is 5.32 Å². The average molecular weight is 302 g/mol. The van der Waals surface area contributed by atoms with Crippen LogP contribution in [0.3, 0.4) is 0 Å². The molecule has 1 aromatic heterocycles. The Morgan fingerprint density at radius 1 is 1.36 bits per heavy atom. The number of hydrogen-bond donors (Lipinski definition) is 2. The van der Waals surface area contributed by atoms with E-state index in [-0.39, 0.29) is 12.1 Å². The molecule has 1 atom stereocenters. The van der Waals surface area contributed by atoms with E-state index in [2.05, 4.69) is 27.8 Å². The Bertz CT molecular complexity index is 584. The average Bonchev–Trinajstić information content (AvgIpc) is 3.02. The number of rotatable bonds is 7. The predicted octanol–water partition coefficient (Wildman–Crippen LogP) is 3.83. The van der Waals surface area contributed by atoms with E-state index in [1.54, 1.807) is 6.07 Å². The van der Waals surface area contributed by atoms with E-state index < -0.39 is 0 Å². The fourth-order valence-electron chi connectivity index (χ4n) is 2.19. The van der Waals surface area contributed by atoms with Crippen LogP contribution < -0.4 is 10.6 Å². The molecule has 0 saturated heterocycles. The Kier molecular flexibility index (Phi) is 5.94. The van der Waals surface area contributed by atoms with E-state index in [1.807, 2.05) is 25.1 Å². The van der Waals surface area contributed by atoms with Crippen molar-refractivity contribution < 1.29 is 9.21 Å². The van der Waals surface area contributed by atoms with Gasteiger partial charge in [-0.05, 0) is 31.5 Å². The minimum atomic E-state index is -0.202. The van der Waals surface area contributed by atoms with E-state index in [4.69, 9.17) is 4.42 Å². The fraction of sp³-hybridized carbons (Fsp3) is 0.438. The Morgan fingerprint density at radius 3 is 2.95 bits per heavy atom. The summed E-state index contributed by atoms with van der Waals surface area (Å²) in [4.78, 5) is 12.0. The molecule has 6 nitrogen and oxygen atoms in total. The number of carbonyl (C=O) groups excluding carboxylic acids is 1. The smallest absolute Gasteiger partial charge is 0.319 e. The Hall–Kier alpha value is -2.37. The lowest BCUT2D eigenvalue weighted by atomic mass is 10.1. The van der Waals surface area contributed by atoms with Gasteiger partial charge in [-0.25, -0.2) is 4.79 Å². The van der Waals surface area contributed by atoms with Gasteiger partial charge in [-0.3, -0.25) is 0 Å². The molecular weight excluding hydrogens is 280 g/mol. The van der Waals surface area contributed by atoms with Gasteiger partial charge in [0.05, 0.1) is 0 Å². The third-order valence-electron chi connectivity index (χ3n) is 3.35. The molecular formula is C16H22N4O2.